The first kappa shape index (κ1) is 31.4. The summed E-state index contributed by atoms with van der Waals surface area (Å²) in [6.07, 6.45) is 19.8. The predicted molar refractivity (Wildman–Crippen MR) is 221 cm³/mol. The lowest BCUT2D eigenvalue weighted by atomic mass is 9.71. The van der Waals surface area contributed by atoms with Crippen LogP contribution < -0.4 is 0 Å². The summed E-state index contributed by atoms with van der Waals surface area (Å²) in [5.41, 5.74) is 14.1. The summed E-state index contributed by atoms with van der Waals surface area (Å²) in [5.74, 6) is 0.904. The van der Waals surface area contributed by atoms with Gasteiger partial charge in [0.25, 0.3) is 0 Å². The number of hydrogen-bond acceptors (Lipinski definition) is 0. The summed E-state index contributed by atoms with van der Waals surface area (Å²) in [5, 5.41) is -0.425. The van der Waals surface area contributed by atoms with Crippen molar-refractivity contribution in [3.05, 3.63) is 238 Å². The molecule has 4 unspecified atom stereocenters. The number of hydrogen-bond donors (Lipinski definition) is 0. The standard InChI is InChI=1S/C50H38Si2/c1-3-19-39(20-4-1)49(45-31-27-35-15-7-11-23-41(35)45,46-32-28-36-16-8-12-24-42(36)46)51-52-50(40-21-5-2-6-22-40,47-33-29-37-17-9-13-25-43(37)47)48-34-30-38-18-10-14-26-44(38)48/h1-34,45-48H. The smallest absolute Gasteiger partial charge is 0.0404 e. The summed E-state index contributed by atoms with van der Waals surface area (Å²) < 4.78 is 0. The van der Waals surface area contributed by atoms with E-state index in [-0.39, 0.29) is 33.7 Å². The third-order valence-electron chi connectivity index (χ3n) is 12.1. The first-order chi connectivity index (χ1) is 25.8. The molecular weight excluding hydrogens is 657 g/mol. The molecule has 6 aromatic carbocycles. The molecule has 4 radical (unpaired) electrons. The van der Waals surface area contributed by atoms with Gasteiger partial charge in [-0.1, -0.05) is 206 Å². The lowest BCUT2D eigenvalue weighted by Gasteiger charge is -2.49. The summed E-state index contributed by atoms with van der Waals surface area (Å²) in [6.45, 7) is 0. The molecule has 0 aromatic heterocycles. The van der Waals surface area contributed by atoms with Gasteiger partial charge in [0.15, 0.2) is 0 Å². The third-order valence-corrected chi connectivity index (χ3v) is 17.8. The summed E-state index contributed by atoms with van der Waals surface area (Å²) in [4.78, 5) is 0. The zero-order chi connectivity index (χ0) is 34.5. The molecular formula is C50H38Si2. The van der Waals surface area contributed by atoms with Crippen LogP contribution in [0.3, 0.4) is 0 Å². The van der Waals surface area contributed by atoms with Gasteiger partial charge in [-0.15, -0.1) is 0 Å². The molecule has 4 aliphatic rings. The molecule has 52 heavy (non-hydrogen) atoms. The van der Waals surface area contributed by atoms with Crippen molar-refractivity contribution in [1.29, 1.82) is 0 Å². The number of fused-ring (bicyclic) bond motifs is 4. The topological polar surface area (TPSA) is 0 Å². The molecule has 0 saturated heterocycles. The van der Waals surface area contributed by atoms with E-state index in [9.17, 15) is 0 Å². The van der Waals surface area contributed by atoms with Crippen LogP contribution in [-0.2, 0) is 10.1 Å². The van der Waals surface area contributed by atoms with E-state index in [0.29, 0.717) is 18.1 Å². The van der Waals surface area contributed by atoms with Crippen LogP contribution in [0.4, 0.5) is 0 Å². The van der Waals surface area contributed by atoms with Gasteiger partial charge in [-0.25, -0.2) is 0 Å². The molecule has 0 fully saturated rings. The van der Waals surface area contributed by atoms with Crippen molar-refractivity contribution in [3.63, 3.8) is 0 Å². The minimum atomic E-state index is -0.213. The molecule has 0 saturated carbocycles. The van der Waals surface area contributed by atoms with E-state index in [1.807, 2.05) is 0 Å². The minimum Gasteiger partial charge on any atom is -0.0758 e. The van der Waals surface area contributed by atoms with Crippen molar-refractivity contribution in [2.75, 3.05) is 0 Å². The van der Waals surface area contributed by atoms with Gasteiger partial charge in [-0.2, -0.15) is 0 Å². The van der Waals surface area contributed by atoms with E-state index in [4.69, 9.17) is 0 Å². The van der Waals surface area contributed by atoms with E-state index >= 15 is 0 Å². The van der Waals surface area contributed by atoms with Crippen molar-refractivity contribution in [1.82, 2.24) is 0 Å². The normalized spacial score (nSPS) is 22.4. The average molecular weight is 695 g/mol. The van der Waals surface area contributed by atoms with Gasteiger partial charge in [0.05, 0.1) is 0 Å². The minimum absolute atomic E-state index is 0.213. The van der Waals surface area contributed by atoms with Gasteiger partial charge in [-0.3, -0.25) is 0 Å². The van der Waals surface area contributed by atoms with Crippen molar-refractivity contribution >= 4 is 42.4 Å². The Bertz CT molecular complexity index is 2110. The van der Waals surface area contributed by atoms with Gasteiger partial charge >= 0.3 is 0 Å². The highest BCUT2D eigenvalue weighted by molar-refractivity contribution is 7.03. The molecule has 246 valence electrons. The fourth-order valence-electron chi connectivity index (χ4n) is 9.78. The Balaban J connectivity index is 1.24. The van der Waals surface area contributed by atoms with E-state index < -0.39 is 0 Å². The first-order valence-electron chi connectivity index (χ1n) is 18.5. The monoisotopic (exact) mass is 694 g/mol. The van der Waals surface area contributed by atoms with Crippen LogP contribution in [0.25, 0.3) is 24.3 Å². The number of benzene rings is 6. The van der Waals surface area contributed by atoms with Crippen molar-refractivity contribution in [2.24, 2.45) is 0 Å². The summed E-state index contributed by atoms with van der Waals surface area (Å²) in [6, 6.07) is 59.7. The third kappa shape index (κ3) is 4.78. The maximum absolute atomic E-state index is 2.55. The van der Waals surface area contributed by atoms with Gasteiger partial charge in [-0.05, 0) is 55.6 Å². The van der Waals surface area contributed by atoms with Crippen LogP contribution in [0, 0.1) is 0 Å². The number of rotatable bonds is 9. The second-order valence-electron chi connectivity index (χ2n) is 14.6. The SMILES string of the molecule is C1=CC(C([Si][Si]C(c2ccccc2)(C2C=Cc3ccccc32)C2C=Cc3ccccc32)(c2ccccc2)C2C=Cc3ccccc32)c2ccccc21. The Labute approximate surface area is 312 Å². The van der Waals surface area contributed by atoms with Crippen molar-refractivity contribution in [3.8, 4) is 0 Å². The highest BCUT2D eigenvalue weighted by atomic mass is 29.1. The molecule has 2 heteroatoms. The highest BCUT2D eigenvalue weighted by Crippen LogP contribution is 2.59. The predicted octanol–water partition coefficient (Wildman–Crippen LogP) is 11.3. The van der Waals surface area contributed by atoms with Crippen LogP contribution in [-0.4, -0.2) is 18.1 Å². The fourth-order valence-corrected chi connectivity index (χ4v) is 16.4. The van der Waals surface area contributed by atoms with Gasteiger partial charge in [0, 0.05) is 51.8 Å². The van der Waals surface area contributed by atoms with E-state index in [0.717, 1.165) is 0 Å². The Morgan fingerprint density at radius 3 is 0.827 bits per heavy atom. The molecule has 0 amide bonds. The van der Waals surface area contributed by atoms with Crippen molar-refractivity contribution in [2.45, 2.75) is 33.7 Å². The lowest BCUT2D eigenvalue weighted by Crippen LogP contribution is -2.54. The van der Waals surface area contributed by atoms with Crippen molar-refractivity contribution < 1.29 is 0 Å². The Morgan fingerprint density at radius 1 is 0.288 bits per heavy atom. The molecule has 0 bridgehead atoms. The lowest BCUT2D eigenvalue weighted by molar-refractivity contribution is 0.484. The molecule has 0 heterocycles. The largest absolute Gasteiger partial charge is 0.0758 e. The molecule has 0 N–H and O–H groups in total. The molecule has 4 aliphatic carbocycles. The van der Waals surface area contributed by atoms with Crippen LogP contribution in [0.2, 0.25) is 0 Å². The highest BCUT2D eigenvalue weighted by Gasteiger charge is 2.54. The number of allylic oxidation sites excluding steroid dienone is 4. The maximum Gasteiger partial charge on any atom is 0.0404 e. The van der Waals surface area contributed by atoms with Crippen LogP contribution >= 0.6 is 0 Å². The summed E-state index contributed by atoms with van der Waals surface area (Å²) >= 11 is 0. The van der Waals surface area contributed by atoms with Gasteiger partial charge in [0.1, 0.15) is 0 Å². The zero-order valence-corrected chi connectivity index (χ0v) is 30.9. The Kier molecular flexibility index (Phi) is 7.70. The molecule has 6 aromatic rings. The Hall–Kier alpha value is -5.29. The van der Waals surface area contributed by atoms with Crippen LogP contribution in [0.15, 0.2) is 182 Å². The zero-order valence-electron chi connectivity index (χ0n) is 28.9. The van der Waals surface area contributed by atoms with E-state index in [2.05, 4.69) is 206 Å². The van der Waals surface area contributed by atoms with Crippen LogP contribution in [0.1, 0.15) is 79.3 Å². The molecule has 4 atom stereocenters. The molecule has 0 spiro atoms. The summed E-state index contributed by atoms with van der Waals surface area (Å²) in [7, 11) is 1.25. The maximum atomic E-state index is 2.55. The average Bonchev–Trinajstić information content (AvgIpc) is 4.03. The fraction of sp³-hybridized carbons (Fsp3) is 0.120. The van der Waals surface area contributed by atoms with E-state index in [1.165, 1.54) is 55.6 Å². The quantitative estimate of drug-likeness (QED) is 0.132. The Morgan fingerprint density at radius 2 is 0.538 bits per heavy atom. The second kappa shape index (κ2) is 12.7. The van der Waals surface area contributed by atoms with Crippen LogP contribution in [0.5, 0.6) is 0 Å². The van der Waals surface area contributed by atoms with E-state index in [1.54, 1.807) is 0 Å². The first-order valence-corrected chi connectivity index (χ1v) is 21.5. The van der Waals surface area contributed by atoms with Gasteiger partial charge in [0.2, 0.25) is 0 Å². The second-order valence-corrected chi connectivity index (χ2v) is 18.2. The molecule has 0 aliphatic heterocycles. The van der Waals surface area contributed by atoms with Gasteiger partial charge < -0.3 is 0 Å². The molecule has 10 rings (SSSR count). The molecule has 0 nitrogen and oxygen atoms in total.